The van der Waals surface area contributed by atoms with Gasteiger partial charge in [0.15, 0.2) is 0 Å². The van der Waals surface area contributed by atoms with Crippen LogP contribution in [-0.4, -0.2) is 33.6 Å². The van der Waals surface area contributed by atoms with Crippen molar-refractivity contribution in [2.24, 2.45) is 0 Å². The molecule has 1 unspecified atom stereocenters. The first-order chi connectivity index (χ1) is 9.65. The zero-order valence-corrected chi connectivity index (χ0v) is 13.6. The van der Waals surface area contributed by atoms with Gasteiger partial charge >= 0.3 is 0 Å². The van der Waals surface area contributed by atoms with E-state index in [1.54, 1.807) is 0 Å². The predicted octanol–water partition coefficient (Wildman–Crippen LogP) is 3.56. The maximum absolute atomic E-state index is 4.58. The van der Waals surface area contributed by atoms with E-state index in [1.807, 2.05) is 6.07 Å². The molecular weight excluding hydrogens is 268 g/mol. The Morgan fingerprint density at radius 3 is 2.60 bits per heavy atom. The highest BCUT2D eigenvalue weighted by Crippen LogP contribution is 2.37. The van der Waals surface area contributed by atoms with Crippen molar-refractivity contribution in [2.45, 2.75) is 51.2 Å². The summed E-state index contributed by atoms with van der Waals surface area (Å²) >= 11 is 2.07. The molecule has 1 aliphatic rings. The molecule has 1 atom stereocenters. The molecule has 0 aromatic carbocycles. The Hall–Kier alpha value is -0.970. The molecule has 0 spiro atoms. The van der Waals surface area contributed by atoms with Crippen molar-refractivity contribution >= 4 is 23.4 Å². The number of nitrogens with zero attached hydrogens (tertiary/aromatic N) is 2. The molecule has 0 saturated carbocycles. The highest BCUT2D eigenvalue weighted by atomic mass is 32.2. The van der Waals surface area contributed by atoms with Crippen molar-refractivity contribution in [1.82, 2.24) is 9.97 Å². The van der Waals surface area contributed by atoms with Gasteiger partial charge in [0.25, 0.3) is 0 Å². The van der Waals surface area contributed by atoms with Gasteiger partial charge in [0, 0.05) is 30.3 Å². The Bertz CT molecular complexity index is 430. The lowest BCUT2D eigenvalue weighted by Crippen LogP contribution is -2.27. The van der Waals surface area contributed by atoms with E-state index in [0.29, 0.717) is 4.75 Å². The van der Waals surface area contributed by atoms with Gasteiger partial charge in [-0.1, -0.05) is 13.8 Å². The van der Waals surface area contributed by atoms with Crippen molar-refractivity contribution in [3.05, 3.63) is 11.9 Å². The normalized spacial score (nSPS) is 21.9. The number of hydrogen-bond donors (Lipinski definition) is 2. The first-order valence-corrected chi connectivity index (χ1v) is 8.63. The van der Waals surface area contributed by atoms with E-state index in [4.69, 9.17) is 0 Å². The minimum atomic E-state index is 0.355. The average Bonchev–Trinajstić information content (AvgIpc) is 2.90. The minimum Gasteiger partial charge on any atom is -0.370 e. The number of nitrogens with one attached hydrogen (secondary N) is 2. The Labute approximate surface area is 126 Å². The molecule has 0 aliphatic carbocycles. The topological polar surface area (TPSA) is 49.8 Å². The molecule has 4 nitrogen and oxygen atoms in total. The molecule has 5 heteroatoms. The summed E-state index contributed by atoms with van der Waals surface area (Å²) in [6, 6.07) is 2.03. The molecule has 1 aliphatic heterocycles. The van der Waals surface area contributed by atoms with Crippen molar-refractivity contribution in [1.29, 1.82) is 0 Å². The Morgan fingerprint density at radius 2 is 2.00 bits per heavy atom. The van der Waals surface area contributed by atoms with Crippen LogP contribution in [0.25, 0.3) is 0 Å². The maximum Gasteiger partial charge on any atom is 0.132 e. The first-order valence-electron chi connectivity index (χ1n) is 7.65. The molecule has 0 amide bonds. The SMILES string of the molecule is CCCNc1cc(NCC2(C)CCCS2)nc(CC)n1. The summed E-state index contributed by atoms with van der Waals surface area (Å²) in [5.74, 6) is 4.07. The van der Waals surface area contributed by atoms with Gasteiger partial charge in [-0.2, -0.15) is 11.8 Å². The van der Waals surface area contributed by atoms with Gasteiger partial charge in [0.2, 0.25) is 0 Å². The molecule has 1 aromatic rings. The standard InChI is InChI=1S/C15H26N4S/c1-4-8-16-13-10-14(19-12(5-2)18-13)17-11-15(3)7-6-9-20-15/h10H,4-9,11H2,1-3H3,(H2,16,17,18,19). The highest BCUT2D eigenvalue weighted by molar-refractivity contribution is 8.00. The van der Waals surface area contributed by atoms with Gasteiger partial charge in [-0.05, 0) is 31.9 Å². The lowest BCUT2D eigenvalue weighted by atomic mass is 10.1. The third-order valence-corrected chi connectivity index (χ3v) is 5.13. The van der Waals surface area contributed by atoms with E-state index in [9.17, 15) is 0 Å². The summed E-state index contributed by atoms with van der Waals surface area (Å²) in [6.07, 6.45) is 4.58. The van der Waals surface area contributed by atoms with E-state index in [-0.39, 0.29) is 0 Å². The highest BCUT2D eigenvalue weighted by Gasteiger charge is 2.29. The maximum atomic E-state index is 4.58. The van der Waals surface area contributed by atoms with Crippen LogP contribution in [0.5, 0.6) is 0 Å². The summed E-state index contributed by atoms with van der Waals surface area (Å²) in [5, 5.41) is 6.86. The monoisotopic (exact) mass is 294 g/mol. The fourth-order valence-corrected chi connectivity index (χ4v) is 3.59. The van der Waals surface area contributed by atoms with Gasteiger partial charge in [-0.25, -0.2) is 9.97 Å². The average molecular weight is 294 g/mol. The van der Waals surface area contributed by atoms with Gasteiger partial charge in [0.05, 0.1) is 0 Å². The van der Waals surface area contributed by atoms with Crippen LogP contribution in [0.15, 0.2) is 6.07 Å². The number of hydrogen-bond acceptors (Lipinski definition) is 5. The van der Waals surface area contributed by atoms with E-state index in [1.165, 1.54) is 18.6 Å². The van der Waals surface area contributed by atoms with Crippen LogP contribution in [0.1, 0.15) is 45.9 Å². The third-order valence-electron chi connectivity index (χ3n) is 3.59. The van der Waals surface area contributed by atoms with Crippen LogP contribution in [0, 0.1) is 0 Å². The summed E-state index contributed by atoms with van der Waals surface area (Å²) in [4.78, 5) is 9.10. The smallest absolute Gasteiger partial charge is 0.132 e. The molecular formula is C15H26N4S. The second-order valence-corrected chi connectivity index (χ2v) is 7.27. The number of rotatable bonds is 7. The molecule has 0 bridgehead atoms. The largest absolute Gasteiger partial charge is 0.370 e. The van der Waals surface area contributed by atoms with Gasteiger partial charge < -0.3 is 10.6 Å². The van der Waals surface area contributed by atoms with Gasteiger partial charge in [-0.15, -0.1) is 0 Å². The first kappa shape index (κ1) is 15.4. The zero-order chi connectivity index (χ0) is 14.4. The van der Waals surface area contributed by atoms with Crippen LogP contribution < -0.4 is 10.6 Å². The Balaban J connectivity index is 2.01. The van der Waals surface area contributed by atoms with Crippen LogP contribution >= 0.6 is 11.8 Å². The van der Waals surface area contributed by atoms with E-state index in [2.05, 4.69) is 53.1 Å². The molecule has 2 rings (SSSR count). The van der Waals surface area contributed by atoms with Crippen LogP contribution in [0.3, 0.4) is 0 Å². The quantitative estimate of drug-likeness (QED) is 0.805. The zero-order valence-electron chi connectivity index (χ0n) is 12.8. The van der Waals surface area contributed by atoms with E-state index < -0.39 is 0 Å². The van der Waals surface area contributed by atoms with Crippen molar-refractivity contribution in [3.8, 4) is 0 Å². The minimum absolute atomic E-state index is 0.355. The van der Waals surface area contributed by atoms with E-state index in [0.717, 1.165) is 43.4 Å². The molecule has 2 N–H and O–H groups in total. The molecule has 112 valence electrons. The second kappa shape index (κ2) is 7.16. The molecule has 0 radical (unpaired) electrons. The van der Waals surface area contributed by atoms with Crippen LogP contribution in [0.4, 0.5) is 11.6 Å². The summed E-state index contributed by atoms with van der Waals surface area (Å²) in [6.45, 7) is 8.52. The predicted molar refractivity (Wildman–Crippen MR) is 88.8 cm³/mol. The molecule has 2 heterocycles. The molecule has 1 fully saturated rings. The Kier molecular flexibility index (Phi) is 5.52. The molecule has 20 heavy (non-hydrogen) atoms. The summed E-state index contributed by atoms with van der Waals surface area (Å²) in [5.41, 5.74) is 0. The number of thioether (sulfide) groups is 1. The van der Waals surface area contributed by atoms with Crippen LogP contribution in [-0.2, 0) is 6.42 Å². The fourth-order valence-electron chi connectivity index (χ4n) is 2.34. The summed E-state index contributed by atoms with van der Waals surface area (Å²) in [7, 11) is 0. The van der Waals surface area contributed by atoms with E-state index >= 15 is 0 Å². The van der Waals surface area contributed by atoms with Gasteiger partial charge in [0.1, 0.15) is 17.5 Å². The molecule has 1 aromatic heterocycles. The number of aryl methyl sites for hydroxylation is 1. The number of aromatic nitrogens is 2. The summed E-state index contributed by atoms with van der Waals surface area (Å²) < 4.78 is 0.355. The molecule has 1 saturated heterocycles. The lowest BCUT2D eigenvalue weighted by Gasteiger charge is -2.23. The van der Waals surface area contributed by atoms with Crippen LogP contribution in [0.2, 0.25) is 0 Å². The van der Waals surface area contributed by atoms with Crippen molar-refractivity contribution in [3.63, 3.8) is 0 Å². The van der Waals surface area contributed by atoms with Crippen molar-refractivity contribution in [2.75, 3.05) is 29.5 Å². The number of anilines is 2. The van der Waals surface area contributed by atoms with Crippen molar-refractivity contribution < 1.29 is 0 Å². The lowest BCUT2D eigenvalue weighted by molar-refractivity contribution is 0.633. The van der Waals surface area contributed by atoms with Gasteiger partial charge in [-0.3, -0.25) is 0 Å². The Morgan fingerprint density at radius 1 is 1.25 bits per heavy atom. The third kappa shape index (κ3) is 4.27. The fraction of sp³-hybridized carbons (Fsp3) is 0.733. The second-order valence-electron chi connectivity index (χ2n) is 5.59.